The van der Waals surface area contributed by atoms with Gasteiger partial charge in [-0.1, -0.05) is 12.2 Å². The van der Waals surface area contributed by atoms with Gasteiger partial charge in [0.25, 0.3) is 0 Å². The average molecular weight is 172 g/mol. The molecule has 0 aromatic rings. The summed E-state index contributed by atoms with van der Waals surface area (Å²) in [4.78, 5) is 10.5. The van der Waals surface area contributed by atoms with Crippen molar-refractivity contribution in [1.29, 1.82) is 0 Å². The van der Waals surface area contributed by atoms with Crippen LogP contribution in [-0.4, -0.2) is 23.2 Å². The molecule has 0 fully saturated rings. The molecule has 0 aliphatic carbocycles. The highest BCUT2D eigenvalue weighted by Gasteiger charge is 2.25. The fourth-order valence-corrected chi connectivity index (χ4v) is 0.630. The lowest BCUT2D eigenvalue weighted by atomic mass is 9.99. The molecule has 0 aromatic carbocycles. The molecule has 1 atom stereocenters. The van der Waals surface area contributed by atoms with Crippen LogP contribution in [0.25, 0.3) is 0 Å². The molecule has 70 valence electrons. The van der Waals surface area contributed by atoms with Gasteiger partial charge in [-0.25, -0.2) is 0 Å². The number of carboxylic acids is 1. The van der Waals surface area contributed by atoms with Gasteiger partial charge in [0.05, 0.1) is 0 Å². The molecule has 0 aromatic heterocycles. The standard InChI is InChI=1S/C8H16N2O2/c1-8(10,7(11)12)5-3-2-4-6-9/h2-3H,4-6,9-10H2,1H3,(H,11,12)/t8-/m0/s1. The molecular formula is C8H16N2O2. The molecule has 0 heterocycles. The summed E-state index contributed by atoms with van der Waals surface area (Å²) < 4.78 is 0. The largest absolute Gasteiger partial charge is 0.480 e. The summed E-state index contributed by atoms with van der Waals surface area (Å²) in [5.74, 6) is -0.986. The Hall–Kier alpha value is -0.870. The summed E-state index contributed by atoms with van der Waals surface area (Å²) in [5, 5.41) is 8.61. The Morgan fingerprint density at radius 3 is 2.58 bits per heavy atom. The van der Waals surface area contributed by atoms with E-state index in [1.165, 1.54) is 6.92 Å². The molecule has 0 saturated carbocycles. The Balaban J connectivity index is 3.83. The molecule has 0 saturated heterocycles. The Morgan fingerprint density at radius 2 is 2.17 bits per heavy atom. The van der Waals surface area contributed by atoms with Crippen molar-refractivity contribution >= 4 is 5.97 Å². The highest BCUT2D eigenvalue weighted by atomic mass is 16.4. The Bertz CT molecular complexity index is 176. The van der Waals surface area contributed by atoms with Crippen molar-refractivity contribution in [2.75, 3.05) is 6.54 Å². The zero-order valence-corrected chi connectivity index (χ0v) is 7.29. The number of aliphatic carboxylic acids is 1. The molecule has 0 radical (unpaired) electrons. The second kappa shape index (κ2) is 4.90. The first-order valence-electron chi connectivity index (χ1n) is 3.88. The molecule has 4 nitrogen and oxygen atoms in total. The van der Waals surface area contributed by atoms with Crippen molar-refractivity contribution in [3.8, 4) is 0 Å². The van der Waals surface area contributed by atoms with Gasteiger partial charge in [-0.15, -0.1) is 0 Å². The van der Waals surface area contributed by atoms with Gasteiger partial charge in [0.15, 0.2) is 0 Å². The summed E-state index contributed by atoms with van der Waals surface area (Å²) in [7, 11) is 0. The van der Waals surface area contributed by atoms with Gasteiger partial charge in [-0.3, -0.25) is 4.79 Å². The molecule has 0 aliphatic rings. The summed E-state index contributed by atoms with van der Waals surface area (Å²) in [6.45, 7) is 2.06. The van der Waals surface area contributed by atoms with Crippen LogP contribution in [0.3, 0.4) is 0 Å². The minimum Gasteiger partial charge on any atom is -0.480 e. The zero-order valence-electron chi connectivity index (χ0n) is 7.29. The predicted octanol–water partition coefficient (Wildman–Crippen LogP) is 0.0835. The summed E-state index contributed by atoms with van der Waals surface area (Å²) >= 11 is 0. The fourth-order valence-electron chi connectivity index (χ4n) is 0.630. The van der Waals surface area contributed by atoms with Gasteiger partial charge in [-0.05, 0) is 26.3 Å². The van der Waals surface area contributed by atoms with Gasteiger partial charge in [0.1, 0.15) is 5.54 Å². The van der Waals surface area contributed by atoms with E-state index >= 15 is 0 Å². The van der Waals surface area contributed by atoms with Gasteiger partial charge in [0.2, 0.25) is 0 Å². The topological polar surface area (TPSA) is 89.3 Å². The van der Waals surface area contributed by atoms with E-state index in [4.69, 9.17) is 16.6 Å². The van der Waals surface area contributed by atoms with Crippen molar-refractivity contribution in [1.82, 2.24) is 0 Å². The molecule has 0 unspecified atom stereocenters. The maximum absolute atomic E-state index is 10.5. The smallest absolute Gasteiger partial charge is 0.323 e. The number of nitrogens with two attached hydrogens (primary N) is 2. The molecule has 0 amide bonds. The monoisotopic (exact) mass is 172 g/mol. The van der Waals surface area contributed by atoms with E-state index in [1.54, 1.807) is 6.08 Å². The minimum atomic E-state index is -1.16. The van der Waals surface area contributed by atoms with Crippen LogP contribution in [0.15, 0.2) is 12.2 Å². The fraction of sp³-hybridized carbons (Fsp3) is 0.625. The average Bonchev–Trinajstić information content (AvgIpc) is 1.98. The van der Waals surface area contributed by atoms with E-state index in [0.717, 1.165) is 6.42 Å². The van der Waals surface area contributed by atoms with Crippen LogP contribution in [0.2, 0.25) is 0 Å². The van der Waals surface area contributed by atoms with Crippen LogP contribution < -0.4 is 11.5 Å². The molecule has 0 aliphatic heterocycles. The first-order valence-corrected chi connectivity index (χ1v) is 3.88. The quantitative estimate of drug-likeness (QED) is 0.512. The SMILES string of the molecule is C[C@](N)(CC=CCCN)C(=O)O. The molecule has 12 heavy (non-hydrogen) atoms. The van der Waals surface area contributed by atoms with Crippen LogP contribution in [-0.2, 0) is 4.79 Å². The third kappa shape index (κ3) is 4.10. The normalized spacial score (nSPS) is 16.2. The first kappa shape index (κ1) is 11.1. The Kier molecular flexibility index (Phi) is 4.54. The minimum absolute atomic E-state index is 0.336. The van der Waals surface area contributed by atoms with Crippen LogP contribution in [0.4, 0.5) is 0 Å². The predicted molar refractivity (Wildman–Crippen MR) is 47.7 cm³/mol. The highest BCUT2D eigenvalue weighted by Crippen LogP contribution is 2.06. The summed E-state index contributed by atoms with van der Waals surface area (Å²) in [5.41, 5.74) is 9.54. The number of hydrogen-bond acceptors (Lipinski definition) is 3. The van der Waals surface area contributed by atoms with Gasteiger partial charge in [0, 0.05) is 0 Å². The molecule has 0 bridgehead atoms. The maximum Gasteiger partial charge on any atom is 0.323 e. The van der Waals surface area contributed by atoms with E-state index in [-0.39, 0.29) is 0 Å². The summed E-state index contributed by atoms with van der Waals surface area (Å²) in [6, 6.07) is 0. The van der Waals surface area contributed by atoms with E-state index in [9.17, 15) is 4.79 Å². The van der Waals surface area contributed by atoms with Crippen molar-refractivity contribution in [2.45, 2.75) is 25.3 Å². The lowest BCUT2D eigenvalue weighted by Gasteiger charge is -2.15. The molecular weight excluding hydrogens is 156 g/mol. The van der Waals surface area contributed by atoms with Gasteiger partial charge >= 0.3 is 5.97 Å². The number of carbonyl (C=O) groups is 1. The third-order valence-electron chi connectivity index (χ3n) is 1.53. The van der Waals surface area contributed by atoms with Crippen molar-refractivity contribution in [3.05, 3.63) is 12.2 Å². The molecule has 5 N–H and O–H groups in total. The summed E-state index contributed by atoms with van der Waals surface area (Å²) in [6.07, 6.45) is 4.69. The van der Waals surface area contributed by atoms with Crippen molar-refractivity contribution in [2.24, 2.45) is 11.5 Å². The highest BCUT2D eigenvalue weighted by molar-refractivity contribution is 5.78. The lowest BCUT2D eigenvalue weighted by molar-refractivity contribution is -0.142. The second-order valence-corrected chi connectivity index (χ2v) is 2.98. The first-order chi connectivity index (χ1) is 5.50. The van der Waals surface area contributed by atoms with Gasteiger partial charge < -0.3 is 16.6 Å². The molecule has 4 heteroatoms. The van der Waals surface area contributed by atoms with Gasteiger partial charge in [-0.2, -0.15) is 0 Å². The number of rotatable bonds is 5. The number of carboxylic acid groups (broad SMARTS) is 1. The third-order valence-corrected chi connectivity index (χ3v) is 1.53. The van der Waals surface area contributed by atoms with E-state index in [1.807, 2.05) is 6.08 Å². The molecule has 0 spiro atoms. The Labute approximate surface area is 72.2 Å². The second-order valence-electron chi connectivity index (χ2n) is 2.98. The van der Waals surface area contributed by atoms with Crippen LogP contribution in [0.5, 0.6) is 0 Å². The maximum atomic E-state index is 10.5. The van der Waals surface area contributed by atoms with Crippen LogP contribution in [0, 0.1) is 0 Å². The number of hydrogen-bond donors (Lipinski definition) is 3. The zero-order chi connectivity index (χ0) is 9.61. The lowest BCUT2D eigenvalue weighted by Crippen LogP contribution is -2.44. The van der Waals surface area contributed by atoms with E-state index < -0.39 is 11.5 Å². The van der Waals surface area contributed by atoms with Crippen LogP contribution in [0.1, 0.15) is 19.8 Å². The Morgan fingerprint density at radius 1 is 1.58 bits per heavy atom. The van der Waals surface area contributed by atoms with Crippen LogP contribution >= 0.6 is 0 Å². The molecule has 0 rings (SSSR count). The van der Waals surface area contributed by atoms with E-state index in [0.29, 0.717) is 13.0 Å². The van der Waals surface area contributed by atoms with Crippen molar-refractivity contribution < 1.29 is 9.90 Å². The van der Waals surface area contributed by atoms with Crippen molar-refractivity contribution in [3.63, 3.8) is 0 Å². The van der Waals surface area contributed by atoms with E-state index in [2.05, 4.69) is 0 Å².